The number of hydrogen-bond donors (Lipinski definition) is 2. The quantitative estimate of drug-likeness (QED) is 0.714. The van der Waals surface area contributed by atoms with Crippen LogP contribution in [0.4, 0.5) is 10.2 Å². The second kappa shape index (κ2) is 8.15. The Morgan fingerprint density at radius 1 is 1.00 bits per heavy atom. The SMILES string of the molecule is Cc1nc(NCc2ccc(F)cc2)cc(C(=O)NCc2ccncc2)n1. The minimum Gasteiger partial charge on any atom is -0.366 e. The number of pyridine rings is 1. The number of rotatable bonds is 6. The molecule has 0 bridgehead atoms. The molecule has 0 atom stereocenters. The van der Waals surface area contributed by atoms with E-state index in [0.29, 0.717) is 24.7 Å². The first-order valence-electron chi connectivity index (χ1n) is 8.11. The molecule has 1 amide bonds. The molecule has 6 nitrogen and oxygen atoms in total. The second-order valence-corrected chi connectivity index (χ2v) is 5.70. The highest BCUT2D eigenvalue weighted by molar-refractivity contribution is 5.92. The molecule has 2 aromatic heterocycles. The molecule has 0 radical (unpaired) electrons. The van der Waals surface area contributed by atoms with Crippen LogP contribution in [0.25, 0.3) is 0 Å². The zero-order chi connectivity index (χ0) is 18.4. The average Bonchev–Trinajstić information content (AvgIpc) is 2.66. The molecule has 3 aromatic rings. The Morgan fingerprint density at radius 3 is 2.42 bits per heavy atom. The van der Waals surface area contributed by atoms with Crippen LogP contribution in [0.15, 0.2) is 54.9 Å². The van der Waals surface area contributed by atoms with Crippen LogP contribution in [-0.2, 0) is 13.1 Å². The smallest absolute Gasteiger partial charge is 0.270 e. The molecule has 26 heavy (non-hydrogen) atoms. The normalized spacial score (nSPS) is 10.4. The van der Waals surface area contributed by atoms with Crippen molar-refractivity contribution in [1.29, 1.82) is 0 Å². The van der Waals surface area contributed by atoms with Gasteiger partial charge in [0.15, 0.2) is 0 Å². The van der Waals surface area contributed by atoms with E-state index in [4.69, 9.17) is 0 Å². The Balaban J connectivity index is 1.64. The molecule has 0 unspecified atom stereocenters. The summed E-state index contributed by atoms with van der Waals surface area (Å²) in [5.74, 6) is 0.469. The lowest BCUT2D eigenvalue weighted by atomic mass is 10.2. The third kappa shape index (κ3) is 4.83. The van der Waals surface area contributed by atoms with Crippen LogP contribution in [0.3, 0.4) is 0 Å². The molecule has 2 heterocycles. The fourth-order valence-corrected chi connectivity index (χ4v) is 2.34. The lowest BCUT2D eigenvalue weighted by Gasteiger charge is -2.09. The van der Waals surface area contributed by atoms with Crippen LogP contribution in [-0.4, -0.2) is 20.9 Å². The first-order valence-corrected chi connectivity index (χ1v) is 8.11. The van der Waals surface area contributed by atoms with E-state index in [-0.39, 0.29) is 17.4 Å². The van der Waals surface area contributed by atoms with Crippen LogP contribution < -0.4 is 10.6 Å². The third-order valence-electron chi connectivity index (χ3n) is 3.66. The molecule has 0 aliphatic heterocycles. The molecule has 1 aromatic carbocycles. The van der Waals surface area contributed by atoms with Gasteiger partial charge in [0.05, 0.1) is 0 Å². The summed E-state index contributed by atoms with van der Waals surface area (Å²) in [5.41, 5.74) is 2.15. The Labute approximate surface area is 150 Å². The lowest BCUT2D eigenvalue weighted by Crippen LogP contribution is -2.24. The summed E-state index contributed by atoms with van der Waals surface area (Å²) in [7, 11) is 0. The molecule has 0 fully saturated rings. The van der Waals surface area contributed by atoms with E-state index >= 15 is 0 Å². The minimum absolute atomic E-state index is 0.278. The number of nitrogens with zero attached hydrogens (tertiary/aromatic N) is 3. The van der Waals surface area contributed by atoms with E-state index in [0.717, 1.165) is 11.1 Å². The minimum atomic E-state index is -0.280. The summed E-state index contributed by atoms with van der Waals surface area (Å²) < 4.78 is 13.0. The van der Waals surface area contributed by atoms with E-state index < -0.39 is 0 Å². The molecule has 3 rings (SSSR count). The molecule has 0 aliphatic carbocycles. The van der Waals surface area contributed by atoms with Crippen LogP contribution >= 0.6 is 0 Å². The summed E-state index contributed by atoms with van der Waals surface area (Å²) in [6.07, 6.45) is 3.35. The van der Waals surface area contributed by atoms with Gasteiger partial charge in [-0.15, -0.1) is 0 Å². The van der Waals surface area contributed by atoms with Crippen molar-refractivity contribution in [3.63, 3.8) is 0 Å². The largest absolute Gasteiger partial charge is 0.366 e. The maximum atomic E-state index is 13.0. The monoisotopic (exact) mass is 351 g/mol. The highest BCUT2D eigenvalue weighted by Gasteiger charge is 2.10. The standard InChI is InChI=1S/C19H18FN5O/c1-13-24-17(19(26)23-12-15-6-8-21-9-7-15)10-18(25-13)22-11-14-2-4-16(20)5-3-14/h2-10H,11-12H2,1H3,(H,23,26)(H,22,24,25). The van der Waals surface area contributed by atoms with Gasteiger partial charge < -0.3 is 10.6 Å². The zero-order valence-electron chi connectivity index (χ0n) is 14.2. The molecule has 2 N–H and O–H groups in total. The molecule has 7 heteroatoms. The van der Waals surface area contributed by atoms with E-state index in [1.807, 2.05) is 12.1 Å². The number of hydrogen-bond acceptors (Lipinski definition) is 5. The molecule has 0 saturated heterocycles. The van der Waals surface area contributed by atoms with E-state index in [9.17, 15) is 9.18 Å². The molecule has 0 aliphatic rings. The molecular formula is C19H18FN5O. The van der Waals surface area contributed by atoms with Crippen molar-refractivity contribution in [2.45, 2.75) is 20.0 Å². The number of aryl methyl sites for hydroxylation is 1. The van der Waals surface area contributed by atoms with Crippen molar-refractivity contribution in [3.05, 3.63) is 83.3 Å². The number of amides is 1. The average molecular weight is 351 g/mol. The predicted octanol–water partition coefficient (Wildman–Crippen LogP) is 2.86. The van der Waals surface area contributed by atoms with Gasteiger partial charge in [-0.2, -0.15) is 0 Å². The van der Waals surface area contributed by atoms with Gasteiger partial charge >= 0.3 is 0 Å². The summed E-state index contributed by atoms with van der Waals surface area (Å²) >= 11 is 0. The number of carbonyl (C=O) groups is 1. The number of halogens is 1. The summed E-state index contributed by atoms with van der Waals surface area (Å²) in [5, 5.41) is 5.95. The molecule has 0 saturated carbocycles. The van der Waals surface area contributed by atoms with E-state index in [2.05, 4.69) is 25.6 Å². The van der Waals surface area contributed by atoms with E-state index in [1.165, 1.54) is 12.1 Å². The van der Waals surface area contributed by atoms with Crippen LogP contribution in [0.5, 0.6) is 0 Å². The zero-order valence-corrected chi connectivity index (χ0v) is 14.2. The summed E-state index contributed by atoms with van der Waals surface area (Å²) in [6.45, 7) is 2.58. The maximum Gasteiger partial charge on any atom is 0.270 e. The fourth-order valence-electron chi connectivity index (χ4n) is 2.34. The van der Waals surface area contributed by atoms with Crippen molar-refractivity contribution < 1.29 is 9.18 Å². The molecular weight excluding hydrogens is 333 g/mol. The lowest BCUT2D eigenvalue weighted by molar-refractivity contribution is 0.0945. The number of carbonyl (C=O) groups excluding carboxylic acids is 1. The third-order valence-corrected chi connectivity index (χ3v) is 3.66. The van der Waals surface area contributed by atoms with Crippen molar-refractivity contribution in [2.75, 3.05) is 5.32 Å². The van der Waals surface area contributed by atoms with Gasteiger partial charge in [0.25, 0.3) is 5.91 Å². The summed E-state index contributed by atoms with van der Waals surface area (Å²) in [4.78, 5) is 24.8. The Hall–Kier alpha value is -3.35. The molecule has 132 valence electrons. The van der Waals surface area contributed by atoms with Gasteiger partial charge in [-0.25, -0.2) is 14.4 Å². The van der Waals surface area contributed by atoms with Gasteiger partial charge in [-0.1, -0.05) is 12.1 Å². The Morgan fingerprint density at radius 2 is 1.69 bits per heavy atom. The van der Waals surface area contributed by atoms with Crippen molar-refractivity contribution >= 4 is 11.7 Å². The van der Waals surface area contributed by atoms with Crippen molar-refractivity contribution in [3.8, 4) is 0 Å². The van der Waals surface area contributed by atoms with Crippen LogP contribution in [0, 0.1) is 12.7 Å². The summed E-state index contributed by atoms with van der Waals surface area (Å²) in [6, 6.07) is 11.5. The van der Waals surface area contributed by atoms with E-state index in [1.54, 1.807) is 37.5 Å². The fraction of sp³-hybridized carbons (Fsp3) is 0.158. The Bertz CT molecular complexity index is 884. The predicted molar refractivity (Wildman–Crippen MR) is 95.9 cm³/mol. The first-order chi connectivity index (χ1) is 12.6. The van der Waals surface area contributed by atoms with Gasteiger partial charge in [-0.3, -0.25) is 9.78 Å². The first kappa shape index (κ1) is 17.5. The Kier molecular flexibility index (Phi) is 5.48. The van der Waals surface area contributed by atoms with Crippen LogP contribution in [0.1, 0.15) is 27.4 Å². The van der Waals surface area contributed by atoms with Crippen molar-refractivity contribution in [2.24, 2.45) is 0 Å². The van der Waals surface area contributed by atoms with Crippen LogP contribution in [0.2, 0.25) is 0 Å². The maximum absolute atomic E-state index is 13.0. The topological polar surface area (TPSA) is 79.8 Å². The number of nitrogens with one attached hydrogen (secondary N) is 2. The number of aromatic nitrogens is 3. The van der Waals surface area contributed by atoms with Gasteiger partial charge in [0, 0.05) is 31.5 Å². The highest BCUT2D eigenvalue weighted by atomic mass is 19.1. The number of anilines is 1. The van der Waals surface area contributed by atoms with Gasteiger partial charge in [0.2, 0.25) is 0 Å². The number of benzene rings is 1. The van der Waals surface area contributed by atoms with Gasteiger partial charge in [0.1, 0.15) is 23.2 Å². The van der Waals surface area contributed by atoms with Crippen molar-refractivity contribution in [1.82, 2.24) is 20.3 Å². The second-order valence-electron chi connectivity index (χ2n) is 5.70. The molecule has 0 spiro atoms. The highest BCUT2D eigenvalue weighted by Crippen LogP contribution is 2.10. The van der Waals surface area contributed by atoms with Gasteiger partial charge in [-0.05, 0) is 42.3 Å².